The first-order valence-corrected chi connectivity index (χ1v) is 8.64. The van der Waals surface area contributed by atoms with Crippen molar-refractivity contribution >= 4 is 50.0 Å². The third kappa shape index (κ3) is 2.08. The van der Waals surface area contributed by atoms with Crippen molar-refractivity contribution in [2.75, 3.05) is 0 Å². The fourth-order valence-corrected chi connectivity index (χ4v) is 4.58. The maximum absolute atomic E-state index is 4.75. The molecule has 0 spiro atoms. The maximum Gasteiger partial charge on any atom is 0.194 e. The van der Waals surface area contributed by atoms with Crippen LogP contribution in [0.3, 0.4) is 0 Å². The Labute approximate surface area is 139 Å². The van der Waals surface area contributed by atoms with Crippen molar-refractivity contribution in [3.8, 4) is 0 Å². The van der Waals surface area contributed by atoms with Crippen LogP contribution in [0.2, 0.25) is 0 Å². The summed E-state index contributed by atoms with van der Waals surface area (Å²) in [5.74, 6) is 0. The largest absolute Gasteiger partial charge is 0.278 e. The van der Waals surface area contributed by atoms with Gasteiger partial charge in [0.25, 0.3) is 0 Å². The molecule has 0 amide bonds. The molecular weight excluding hydrogens is 326 g/mol. The van der Waals surface area contributed by atoms with Gasteiger partial charge in [-0.25, -0.2) is 9.97 Å². The van der Waals surface area contributed by atoms with Gasteiger partial charge in [-0.05, 0) is 36.0 Å². The van der Waals surface area contributed by atoms with Crippen molar-refractivity contribution < 1.29 is 0 Å². The summed E-state index contributed by atoms with van der Waals surface area (Å²) in [5.41, 5.74) is 3.69. The summed E-state index contributed by atoms with van der Waals surface area (Å²) >= 11 is 3.20. The highest BCUT2D eigenvalue weighted by atomic mass is 32.2. The molecule has 0 saturated heterocycles. The predicted molar refractivity (Wildman–Crippen MR) is 92.0 cm³/mol. The first-order valence-electron chi connectivity index (χ1n) is 7.00. The molecule has 5 rings (SSSR count). The van der Waals surface area contributed by atoms with E-state index in [4.69, 9.17) is 4.98 Å². The Hall–Kier alpha value is -2.51. The number of fused-ring (bicyclic) bond motifs is 4. The minimum absolute atomic E-state index is 0.757. The molecule has 23 heavy (non-hydrogen) atoms. The van der Waals surface area contributed by atoms with E-state index in [0.29, 0.717) is 0 Å². The van der Waals surface area contributed by atoms with Crippen LogP contribution in [0.1, 0.15) is 0 Å². The molecule has 0 unspecified atom stereocenters. The van der Waals surface area contributed by atoms with Crippen molar-refractivity contribution in [1.82, 2.24) is 24.6 Å². The number of nitrogens with zero attached hydrogens (tertiary/aromatic N) is 5. The average molecular weight is 335 g/mol. The Morgan fingerprint density at radius 1 is 0.913 bits per heavy atom. The van der Waals surface area contributed by atoms with Crippen LogP contribution in [0, 0.1) is 0 Å². The van der Waals surface area contributed by atoms with E-state index in [-0.39, 0.29) is 0 Å². The second-order valence-electron chi connectivity index (χ2n) is 4.98. The molecule has 0 N–H and O–H groups in total. The molecule has 0 bridgehead atoms. The molecule has 2 aromatic carbocycles. The number of benzene rings is 2. The van der Waals surface area contributed by atoms with E-state index in [2.05, 4.69) is 21.2 Å². The summed E-state index contributed by atoms with van der Waals surface area (Å²) < 4.78 is 4.10. The standard InChI is InChI=1S/C16H9N5S2/c1-3-7-12-10(5-1)18-15(14-20-17-9-21(12)14)23-16-19-11-6-2-4-8-13(11)22-16/h1-9H. The Bertz CT molecular complexity index is 1130. The van der Waals surface area contributed by atoms with Crippen molar-refractivity contribution in [3.63, 3.8) is 0 Å². The van der Waals surface area contributed by atoms with Crippen LogP contribution in [0.4, 0.5) is 0 Å². The van der Waals surface area contributed by atoms with Crippen LogP contribution >= 0.6 is 23.1 Å². The smallest absolute Gasteiger partial charge is 0.194 e. The summed E-state index contributed by atoms with van der Waals surface area (Å²) in [7, 11) is 0. The van der Waals surface area contributed by atoms with Crippen LogP contribution < -0.4 is 0 Å². The Morgan fingerprint density at radius 2 is 1.74 bits per heavy atom. The van der Waals surface area contributed by atoms with Crippen LogP contribution in [-0.2, 0) is 0 Å². The SMILES string of the molecule is c1ccc2sc(Sc3nc4ccccc4n4cnnc34)nc2c1. The van der Waals surface area contributed by atoms with Gasteiger partial charge < -0.3 is 0 Å². The highest BCUT2D eigenvalue weighted by Gasteiger charge is 2.13. The highest BCUT2D eigenvalue weighted by Crippen LogP contribution is 2.35. The van der Waals surface area contributed by atoms with Crippen LogP contribution in [0.5, 0.6) is 0 Å². The third-order valence-corrected chi connectivity index (χ3v) is 5.62. The van der Waals surface area contributed by atoms with Gasteiger partial charge in [0, 0.05) is 0 Å². The molecule has 3 heterocycles. The van der Waals surface area contributed by atoms with E-state index in [9.17, 15) is 0 Å². The lowest BCUT2D eigenvalue weighted by Gasteiger charge is -2.04. The monoisotopic (exact) mass is 335 g/mol. The van der Waals surface area contributed by atoms with Crippen LogP contribution in [0.25, 0.3) is 26.9 Å². The lowest BCUT2D eigenvalue weighted by molar-refractivity contribution is 1.08. The van der Waals surface area contributed by atoms with Crippen molar-refractivity contribution in [2.24, 2.45) is 0 Å². The quantitative estimate of drug-likeness (QED) is 0.487. The molecule has 110 valence electrons. The van der Waals surface area contributed by atoms with Crippen LogP contribution in [-0.4, -0.2) is 24.6 Å². The minimum Gasteiger partial charge on any atom is -0.278 e. The summed E-state index contributed by atoms with van der Waals surface area (Å²) in [6.45, 7) is 0. The third-order valence-electron chi connectivity index (χ3n) is 3.56. The first-order chi connectivity index (χ1) is 11.4. The van der Waals surface area contributed by atoms with E-state index in [1.165, 1.54) is 16.5 Å². The van der Waals surface area contributed by atoms with Gasteiger partial charge in [0.2, 0.25) is 0 Å². The highest BCUT2D eigenvalue weighted by molar-refractivity contribution is 8.01. The Kier molecular flexibility index (Phi) is 2.82. The van der Waals surface area contributed by atoms with E-state index in [1.807, 2.05) is 46.9 Å². The van der Waals surface area contributed by atoms with Gasteiger partial charge in [0.15, 0.2) is 9.99 Å². The number of para-hydroxylation sites is 3. The molecule has 5 aromatic rings. The molecule has 0 atom stereocenters. The first kappa shape index (κ1) is 13.0. The topological polar surface area (TPSA) is 56.0 Å². The van der Waals surface area contributed by atoms with E-state index in [1.54, 1.807) is 17.7 Å². The second kappa shape index (κ2) is 5.00. The predicted octanol–water partition coefficient (Wildman–Crippen LogP) is 4.04. The normalized spacial score (nSPS) is 11.7. The zero-order valence-corrected chi connectivity index (χ0v) is 13.4. The summed E-state index contributed by atoms with van der Waals surface area (Å²) in [5, 5.41) is 9.08. The second-order valence-corrected chi connectivity index (χ2v) is 7.25. The van der Waals surface area contributed by atoms with Gasteiger partial charge in [-0.1, -0.05) is 24.3 Å². The van der Waals surface area contributed by atoms with Gasteiger partial charge >= 0.3 is 0 Å². The molecule has 3 aromatic heterocycles. The number of aromatic nitrogens is 5. The number of hydrogen-bond acceptors (Lipinski definition) is 6. The lowest BCUT2D eigenvalue weighted by Crippen LogP contribution is -1.93. The van der Waals surface area contributed by atoms with Crippen LogP contribution in [0.15, 0.2) is 64.2 Å². The molecule has 0 aliphatic heterocycles. The number of hydrogen-bond donors (Lipinski definition) is 0. The molecule has 0 saturated carbocycles. The zero-order chi connectivity index (χ0) is 15.2. The molecule has 0 aliphatic rings. The van der Waals surface area contributed by atoms with Gasteiger partial charge in [-0.3, -0.25) is 4.40 Å². The molecule has 5 nitrogen and oxygen atoms in total. The summed E-state index contributed by atoms with van der Waals surface area (Å²) in [6.07, 6.45) is 1.72. The van der Waals surface area contributed by atoms with Gasteiger partial charge in [0.05, 0.1) is 21.3 Å². The Balaban J connectivity index is 1.70. The number of thiazole rings is 1. The molecule has 7 heteroatoms. The molecule has 0 fully saturated rings. The van der Waals surface area contributed by atoms with E-state index < -0.39 is 0 Å². The lowest BCUT2D eigenvalue weighted by atomic mass is 10.3. The van der Waals surface area contributed by atoms with Gasteiger partial charge in [-0.2, -0.15) is 0 Å². The summed E-state index contributed by atoms with van der Waals surface area (Å²) in [4.78, 5) is 9.41. The average Bonchev–Trinajstić information content (AvgIpc) is 3.21. The molecular formula is C16H9N5S2. The van der Waals surface area contributed by atoms with E-state index in [0.717, 1.165) is 31.6 Å². The van der Waals surface area contributed by atoms with Gasteiger partial charge in [0.1, 0.15) is 11.4 Å². The molecule has 0 aliphatic carbocycles. The zero-order valence-electron chi connectivity index (χ0n) is 11.7. The minimum atomic E-state index is 0.757. The van der Waals surface area contributed by atoms with Crippen molar-refractivity contribution in [3.05, 3.63) is 54.9 Å². The Morgan fingerprint density at radius 3 is 2.65 bits per heavy atom. The van der Waals surface area contributed by atoms with E-state index >= 15 is 0 Å². The number of rotatable bonds is 2. The summed E-state index contributed by atoms with van der Waals surface area (Å²) in [6, 6.07) is 16.1. The van der Waals surface area contributed by atoms with Crippen molar-refractivity contribution in [2.45, 2.75) is 9.37 Å². The molecule has 0 radical (unpaired) electrons. The fraction of sp³-hybridized carbons (Fsp3) is 0. The maximum atomic E-state index is 4.75. The van der Waals surface area contributed by atoms with Gasteiger partial charge in [-0.15, -0.1) is 21.5 Å². The fourth-order valence-electron chi connectivity index (χ4n) is 2.52. The van der Waals surface area contributed by atoms with Crippen molar-refractivity contribution in [1.29, 1.82) is 0 Å².